The van der Waals surface area contributed by atoms with Gasteiger partial charge in [0.2, 0.25) is 0 Å². The van der Waals surface area contributed by atoms with Crippen molar-refractivity contribution in [1.29, 1.82) is 0 Å². The number of nitrogen functional groups attached to an aromatic ring is 2. The van der Waals surface area contributed by atoms with Crippen molar-refractivity contribution in [1.82, 2.24) is 0 Å². The molecule has 2 aromatic carbocycles. The van der Waals surface area contributed by atoms with Crippen LogP contribution in [0.5, 0.6) is 0 Å². The summed E-state index contributed by atoms with van der Waals surface area (Å²) < 4.78 is 0. The van der Waals surface area contributed by atoms with Crippen LogP contribution in [0, 0.1) is 0 Å². The van der Waals surface area contributed by atoms with Gasteiger partial charge in [0.05, 0.1) is 0 Å². The average molecular weight is 226 g/mol. The fourth-order valence-corrected chi connectivity index (χ4v) is 1.87. The zero-order valence-electron chi connectivity index (χ0n) is 9.60. The van der Waals surface area contributed by atoms with Gasteiger partial charge in [0.15, 0.2) is 5.78 Å². The highest BCUT2D eigenvalue weighted by atomic mass is 16.1. The number of Topliss-reactive ketones (excluding diaryl/α,β-unsaturated/α-hetero) is 1. The lowest BCUT2D eigenvalue weighted by atomic mass is 9.96. The molecule has 0 saturated carbocycles. The fourth-order valence-electron chi connectivity index (χ4n) is 1.87. The third-order valence-corrected chi connectivity index (χ3v) is 2.67. The highest BCUT2D eigenvalue weighted by Crippen LogP contribution is 2.28. The molecule has 0 aromatic heterocycles. The second-order valence-electron chi connectivity index (χ2n) is 3.95. The number of hydrogen-bond donors (Lipinski definition) is 2. The van der Waals surface area contributed by atoms with Crippen molar-refractivity contribution in [2.24, 2.45) is 0 Å². The minimum absolute atomic E-state index is 0.0325. The number of anilines is 2. The largest absolute Gasteiger partial charge is 0.399 e. The van der Waals surface area contributed by atoms with Crippen molar-refractivity contribution in [2.75, 3.05) is 11.5 Å². The van der Waals surface area contributed by atoms with Gasteiger partial charge in [-0.1, -0.05) is 24.3 Å². The molecule has 2 aromatic rings. The van der Waals surface area contributed by atoms with E-state index >= 15 is 0 Å². The number of nitrogens with two attached hydrogens (primary N) is 2. The predicted octanol–water partition coefficient (Wildman–Crippen LogP) is 2.72. The maximum Gasteiger partial charge on any atom is 0.162 e. The Labute approximate surface area is 100 Å². The minimum atomic E-state index is -0.0325. The normalized spacial score (nSPS) is 10.2. The Balaban J connectivity index is 2.63. The van der Waals surface area contributed by atoms with Gasteiger partial charge in [0, 0.05) is 16.9 Å². The van der Waals surface area contributed by atoms with E-state index in [1.54, 1.807) is 6.07 Å². The third kappa shape index (κ3) is 2.13. The standard InChI is InChI=1S/C14H14N2O/c1-9(17)14-12(3-2-4-13(14)16)10-5-7-11(15)8-6-10/h2-8H,15-16H2,1H3. The van der Waals surface area contributed by atoms with Gasteiger partial charge < -0.3 is 11.5 Å². The minimum Gasteiger partial charge on any atom is -0.399 e. The number of carbonyl (C=O) groups is 1. The Kier molecular flexibility index (Phi) is 2.83. The number of ketones is 1. The summed E-state index contributed by atoms with van der Waals surface area (Å²) in [4.78, 5) is 11.6. The molecule has 0 aliphatic rings. The fraction of sp³-hybridized carbons (Fsp3) is 0.0714. The van der Waals surface area contributed by atoms with Crippen LogP contribution < -0.4 is 11.5 Å². The molecule has 0 fully saturated rings. The summed E-state index contributed by atoms with van der Waals surface area (Å²) in [7, 11) is 0. The van der Waals surface area contributed by atoms with E-state index in [-0.39, 0.29) is 5.78 Å². The predicted molar refractivity (Wildman–Crippen MR) is 70.7 cm³/mol. The van der Waals surface area contributed by atoms with Crippen molar-refractivity contribution < 1.29 is 4.79 Å². The van der Waals surface area contributed by atoms with E-state index in [9.17, 15) is 4.79 Å². The number of rotatable bonds is 2. The number of carbonyl (C=O) groups excluding carboxylic acids is 1. The molecule has 0 amide bonds. The summed E-state index contributed by atoms with van der Waals surface area (Å²) in [6, 6.07) is 12.8. The van der Waals surface area contributed by atoms with Crippen molar-refractivity contribution in [2.45, 2.75) is 6.92 Å². The van der Waals surface area contributed by atoms with E-state index in [0.29, 0.717) is 16.9 Å². The van der Waals surface area contributed by atoms with Crippen LogP contribution in [0.4, 0.5) is 11.4 Å². The molecule has 0 radical (unpaired) electrons. The van der Waals surface area contributed by atoms with Gasteiger partial charge in [0.25, 0.3) is 0 Å². The zero-order chi connectivity index (χ0) is 12.4. The molecule has 0 atom stereocenters. The molecule has 2 rings (SSSR count). The van der Waals surface area contributed by atoms with Crippen molar-refractivity contribution in [3.63, 3.8) is 0 Å². The quantitative estimate of drug-likeness (QED) is 0.611. The summed E-state index contributed by atoms with van der Waals surface area (Å²) in [5.41, 5.74) is 15.0. The maximum absolute atomic E-state index is 11.6. The summed E-state index contributed by atoms with van der Waals surface area (Å²) in [5, 5.41) is 0. The van der Waals surface area contributed by atoms with Crippen LogP contribution in [0.3, 0.4) is 0 Å². The van der Waals surface area contributed by atoms with Gasteiger partial charge in [-0.25, -0.2) is 0 Å². The Morgan fingerprint density at radius 1 is 1.00 bits per heavy atom. The Hall–Kier alpha value is -2.29. The smallest absolute Gasteiger partial charge is 0.162 e. The second kappa shape index (κ2) is 4.29. The van der Waals surface area contributed by atoms with Crippen molar-refractivity contribution >= 4 is 17.2 Å². The molecule has 0 heterocycles. The molecule has 17 heavy (non-hydrogen) atoms. The third-order valence-electron chi connectivity index (χ3n) is 2.67. The number of hydrogen-bond acceptors (Lipinski definition) is 3. The van der Waals surface area contributed by atoms with Gasteiger partial charge in [-0.05, 0) is 36.2 Å². The second-order valence-corrected chi connectivity index (χ2v) is 3.95. The zero-order valence-corrected chi connectivity index (χ0v) is 9.60. The van der Waals surface area contributed by atoms with E-state index in [1.165, 1.54) is 6.92 Å². The van der Waals surface area contributed by atoms with Crippen LogP contribution in [0.15, 0.2) is 42.5 Å². The molecule has 86 valence electrons. The molecular formula is C14H14N2O. The Bertz CT molecular complexity index is 559. The SMILES string of the molecule is CC(=O)c1c(N)cccc1-c1ccc(N)cc1. The van der Waals surface area contributed by atoms with Crippen LogP contribution >= 0.6 is 0 Å². The lowest BCUT2D eigenvalue weighted by Crippen LogP contribution is -2.02. The molecule has 0 unspecified atom stereocenters. The van der Waals surface area contributed by atoms with Gasteiger partial charge in [-0.3, -0.25) is 4.79 Å². The van der Waals surface area contributed by atoms with Gasteiger partial charge in [-0.2, -0.15) is 0 Å². The lowest BCUT2D eigenvalue weighted by Gasteiger charge is -2.10. The lowest BCUT2D eigenvalue weighted by molar-refractivity contribution is 0.101. The van der Waals surface area contributed by atoms with Crippen molar-refractivity contribution in [3.05, 3.63) is 48.0 Å². The first kappa shape index (κ1) is 11.2. The van der Waals surface area contributed by atoms with E-state index in [0.717, 1.165) is 11.1 Å². The molecule has 0 aliphatic heterocycles. The van der Waals surface area contributed by atoms with Crippen LogP contribution in [0.1, 0.15) is 17.3 Å². The van der Waals surface area contributed by atoms with Gasteiger partial charge >= 0.3 is 0 Å². The van der Waals surface area contributed by atoms with Gasteiger partial charge in [-0.15, -0.1) is 0 Å². The van der Waals surface area contributed by atoms with E-state index in [4.69, 9.17) is 11.5 Å². The molecule has 4 N–H and O–H groups in total. The average Bonchev–Trinajstić information content (AvgIpc) is 2.29. The maximum atomic E-state index is 11.6. The molecule has 0 bridgehead atoms. The first-order chi connectivity index (χ1) is 8.09. The van der Waals surface area contributed by atoms with Crippen LogP contribution in [0.2, 0.25) is 0 Å². The summed E-state index contributed by atoms with van der Waals surface area (Å²) in [6.45, 7) is 1.52. The number of benzene rings is 2. The van der Waals surface area contributed by atoms with Crippen molar-refractivity contribution in [3.8, 4) is 11.1 Å². The van der Waals surface area contributed by atoms with Gasteiger partial charge in [0.1, 0.15) is 0 Å². The van der Waals surface area contributed by atoms with E-state index < -0.39 is 0 Å². The topological polar surface area (TPSA) is 69.1 Å². The van der Waals surface area contributed by atoms with Crippen LogP contribution in [0.25, 0.3) is 11.1 Å². The van der Waals surface area contributed by atoms with E-state index in [2.05, 4.69) is 0 Å². The highest BCUT2D eigenvalue weighted by molar-refractivity contribution is 6.05. The first-order valence-electron chi connectivity index (χ1n) is 5.35. The Morgan fingerprint density at radius 3 is 2.24 bits per heavy atom. The molecule has 0 aliphatic carbocycles. The summed E-state index contributed by atoms with van der Waals surface area (Å²) in [6.07, 6.45) is 0. The van der Waals surface area contributed by atoms with E-state index in [1.807, 2.05) is 36.4 Å². The molecule has 3 heteroatoms. The van der Waals surface area contributed by atoms with Crippen LogP contribution in [-0.4, -0.2) is 5.78 Å². The molecular weight excluding hydrogens is 212 g/mol. The summed E-state index contributed by atoms with van der Waals surface area (Å²) >= 11 is 0. The van der Waals surface area contributed by atoms with Crippen LogP contribution in [-0.2, 0) is 0 Å². The monoisotopic (exact) mass is 226 g/mol. The molecule has 0 spiro atoms. The summed E-state index contributed by atoms with van der Waals surface area (Å²) in [5.74, 6) is -0.0325. The first-order valence-corrected chi connectivity index (χ1v) is 5.35. The Morgan fingerprint density at radius 2 is 1.65 bits per heavy atom. The molecule has 3 nitrogen and oxygen atoms in total. The molecule has 0 saturated heterocycles. The highest BCUT2D eigenvalue weighted by Gasteiger charge is 2.11.